The predicted octanol–water partition coefficient (Wildman–Crippen LogP) is 4.54. The monoisotopic (exact) mass is 444 g/mol. The number of amides is 2. The minimum Gasteiger partial charge on any atom is -0.484 e. The van der Waals surface area contributed by atoms with Crippen LogP contribution in [0, 0.1) is 6.92 Å². The summed E-state index contributed by atoms with van der Waals surface area (Å²) < 4.78 is 5.81. The zero-order valence-corrected chi connectivity index (χ0v) is 19.4. The number of aryl methyl sites for hydroxylation is 1. The second-order valence-corrected chi connectivity index (χ2v) is 8.11. The number of ether oxygens (including phenoxy) is 1. The molecule has 0 bridgehead atoms. The summed E-state index contributed by atoms with van der Waals surface area (Å²) in [4.78, 5) is 28.3. The average Bonchev–Trinajstić information content (AvgIpc) is 2.84. The van der Waals surface area contributed by atoms with Gasteiger partial charge in [0.15, 0.2) is 6.61 Å². The molecule has 5 nitrogen and oxygen atoms in total. The first-order valence-electron chi connectivity index (χ1n) is 11.4. The molecule has 0 aliphatic heterocycles. The van der Waals surface area contributed by atoms with Gasteiger partial charge in [-0.2, -0.15) is 0 Å². The molecular formula is C28H32N2O3. The Morgan fingerprint density at radius 3 is 2.21 bits per heavy atom. The average molecular weight is 445 g/mol. The number of carbonyl (C=O) groups excluding carboxylic acids is 2. The Labute approximate surface area is 196 Å². The van der Waals surface area contributed by atoms with Gasteiger partial charge < -0.3 is 15.0 Å². The summed E-state index contributed by atoms with van der Waals surface area (Å²) in [6.45, 7) is 4.74. The van der Waals surface area contributed by atoms with Gasteiger partial charge in [-0.3, -0.25) is 9.59 Å². The molecule has 172 valence electrons. The van der Waals surface area contributed by atoms with Crippen molar-refractivity contribution in [1.29, 1.82) is 0 Å². The van der Waals surface area contributed by atoms with Gasteiger partial charge in [0.2, 0.25) is 5.91 Å². The standard InChI is InChI=1S/C28H32N2O3/c1-3-17-29-28(32)26(19-23-12-6-4-7-13-23)30(20-24-14-8-5-9-15-24)27(31)21-33-25-16-10-11-22(2)18-25/h4-16,18,26H,3,17,19-21H2,1-2H3,(H,29,32)/t26-/m0/s1. The van der Waals surface area contributed by atoms with Gasteiger partial charge in [0.25, 0.3) is 5.91 Å². The van der Waals surface area contributed by atoms with E-state index in [2.05, 4.69) is 5.32 Å². The highest BCUT2D eigenvalue weighted by molar-refractivity contribution is 5.88. The second-order valence-electron chi connectivity index (χ2n) is 8.11. The van der Waals surface area contributed by atoms with Crippen LogP contribution in [0.15, 0.2) is 84.9 Å². The van der Waals surface area contributed by atoms with Crippen molar-refractivity contribution < 1.29 is 14.3 Å². The molecule has 2 amide bonds. The van der Waals surface area contributed by atoms with Gasteiger partial charge in [-0.15, -0.1) is 0 Å². The van der Waals surface area contributed by atoms with Crippen LogP contribution < -0.4 is 10.1 Å². The van der Waals surface area contributed by atoms with Crippen molar-refractivity contribution in [3.63, 3.8) is 0 Å². The summed E-state index contributed by atoms with van der Waals surface area (Å²) in [5.74, 6) is 0.256. The summed E-state index contributed by atoms with van der Waals surface area (Å²) in [7, 11) is 0. The van der Waals surface area contributed by atoms with Crippen molar-refractivity contribution in [2.75, 3.05) is 13.2 Å². The van der Waals surface area contributed by atoms with Crippen molar-refractivity contribution >= 4 is 11.8 Å². The number of benzene rings is 3. The fourth-order valence-electron chi connectivity index (χ4n) is 3.63. The first kappa shape index (κ1) is 24.1. The molecule has 0 aromatic heterocycles. The van der Waals surface area contributed by atoms with E-state index in [1.54, 1.807) is 4.90 Å². The van der Waals surface area contributed by atoms with Crippen molar-refractivity contribution in [3.05, 3.63) is 102 Å². The molecular weight excluding hydrogens is 412 g/mol. The molecule has 3 aromatic carbocycles. The maximum atomic E-state index is 13.4. The van der Waals surface area contributed by atoms with E-state index in [-0.39, 0.29) is 18.4 Å². The van der Waals surface area contributed by atoms with Crippen molar-refractivity contribution in [1.82, 2.24) is 10.2 Å². The van der Waals surface area contributed by atoms with Crippen LogP contribution >= 0.6 is 0 Å². The third kappa shape index (κ3) is 7.49. The lowest BCUT2D eigenvalue weighted by Gasteiger charge is -2.31. The van der Waals surface area contributed by atoms with Crippen LogP contribution in [0.4, 0.5) is 0 Å². The third-order valence-electron chi connectivity index (χ3n) is 5.37. The molecule has 3 rings (SSSR count). The largest absolute Gasteiger partial charge is 0.484 e. The van der Waals surface area contributed by atoms with E-state index in [0.29, 0.717) is 25.3 Å². The molecule has 33 heavy (non-hydrogen) atoms. The number of hydrogen-bond donors (Lipinski definition) is 1. The second kappa shape index (κ2) is 12.4. The lowest BCUT2D eigenvalue weighted by atomic mass is 10.0. The van der Waals surface area contributed by atoms with Crippen molar-refractivity contribution in [3.8, 4) is 5.75 Å². The molecule has 0 aliphatic rings. The Hall–Kier alpha value is -3.60. The smallest absolute Gasteiger partial charge is 0.261 e. The normalized spacial score (nSPS) is 11.5. The topological polar surface area (TPSA) is 58.6 Å². The summed E-state index contributed by atoms with van der Waals surface area (Å²) >= 11 is 0. The third-order valence-corrected chi connectivity index (χ3v) is 5.37. The van der Waals surface area contributed by atoms with Crippen molar-refractivity contribution in [2.24, 2.45) is 0 Å². The highest BCUT2D eigenvalue weighted by Gasteiger charge is 2.30. The van der Waals surface area contributed by atoms with E-state index >= 15 is 0 Å². The Morgan fingerprint density at radius 1 is 0.909 bits per heavy atom. The van der Waals surface area contributed by atoms with Crippen LogP contribution in [-0.2, 0) is 22.6 Å². The molecule has 0 saturated carbocycles. The zero-order chi connectivity index (χ0) is 23.5. The van der Waals surface area contributed by atoms with Gasteiger partial charge in [0, 0.05) is 19.5 Å². The molecule has 3 aromatic rings. The maximum absolute atomic E-state index is 13.4. The van der Waals surface area contributed by atoms with Gasteiger partial charge in [0.05, 0.1) is 0 Å². The van der Waals surface area contributed by atoms with Gasteiger partial charge >= 0.3 is 0 Å². The molecule has 5 heteroatoms. The first-order valence-corrected chi connectivity index (χ1v) is 11.4. The van der Waals surface area contributed by atoms with Crippen LogP contribution in [0.1, 0.15) is 30.0 Å². The summed E-state index contributed by atoms with van der Waals surface area (Å²) in [5, 5.41) is 2.98. The Balaban J connectivity index is 1.86. The number of rotatable bonds is 11. The molecule has 0 saturated heterocycles. The molecule has 0 unspecified atom stereocenters. The minimum atomic E-state index is -0.646. The fraction of sp³-hybridized carbons (Fsp3) is 0.286. The lowest BCUT2D eigenvalue weighted by Crippen LogP contribution is -2.51. The molecule has 1 N–H and O–H groups in total. The highest BCUT2D eigenvalue weighted by Crippen LogP contribution is 2.17. The van der Waals surface area contributed by atoms with Crippen molar-refractivity contribution in [2.45, 2.75) is 39.3 Å². The fourth-order valence-corrected chi connectivity index (χ4v) is 3.63. The number of nitrogens with one attached hydrogen (secondary N) is 1. The van der Waals surface area contributed by atoms with E-state index in [0.717, 1.165) is 23.1 Å². The van der Waals surface area contributed by atoms with Gasteiger partial charge in [-0.05, 0) is 42.2 Å². The number of carbonyl (C=O) groups is 2. The Bertz CT molecular complexity index is 1020. The molecule has 1 atom stereocenters. The summed E-state index contributed by atoms with van der Waals surface area (Å²) in [6.07, 6.45) is 1.26. The quantitative estimate of drug-likeness (QED) is 0.472. The van der Waals surface area contributed by atoms with E-state index in [1.807, 2.05) is 98.8 Å². The van der Waals surface area contributed by atoms with Gasteiger partial charge in [0.1, 0.15) is 11.8 Å². The summed E-state index contributed by atoms with van der Waals surface area (Å²) in [5.41, 5.74) is 3.02. The predicted molar refractivity (Wildman–Crippen MR) is 131 cm³/mol. The van der Waals surface area contributed by atoms with Crippen LogP contribution in [0.3, 0.4) is 0 Å². The summed E-state index contributed by atoms with van der Waals surface area (Å²) in [6, 6.07) is 26.5. The van der Waals surface area contributed by atoms with E-state index in [1.165, 1.54) is 0 Å². The highest BCUT2D eigenvalue weighted by atomic mass is 16.5. The van der Waals surface area contributed by atoms with Gasteiger partial charge in [-0.25, -0.2) is 0 Å². The first-order chi connectivity index (χ1) is 16.1. The molecule has 0 spiro atoms. The Kier molecular flexibility index (Phi) is 9.07. The van der Waals surface area contributed by atoms with Crippen LogP contribution in [0.2, 0.25) is 0 Å². The van der Waals surface area contributed by atoms with E-state index in [9.17, 15) is 9.59 Å². The van der Waals surface area contributed by atoms with Crippen LogP contribution in [0.25, 0.3) is 0 Å². The van der Waals surface area contributed by atoms with Gasteiger partial charge in [-0.1, -0.05) is 79.7 Å². The zero-order valence-electron chi connectivity index (χ0n) is 19.4. The lowest BCUT2D eigenvalue weighted by molar-refractivity contribution is -0.142. The van der Waals surface area contributed by atoms with E-state index < -0.39 is 6.04 Å². The minimum absolute atomic E-state index is 0.136. The van der Waals surface area contributed by atoms with Crippen LogP contribution in [-0.4, -0.2) is 35.9 Å². The molecule has 0 radical (unpaired) electrons. The maximum Gasteiger partial charge on any atom is 0.261 e. The molecule has 0 heterocycles. The number of hydrogen-bond acceptors (Lipinski definition) is 3. The molecule has 0 aliphatic carbocycles. The molecule has 0 fully saturated rings. The van der Waals surface area contributed by atoms with E-state index in [4.69, 9.17) is 4.74 Å². The Morgan fingerprint density at radius 2 is 1.58 bits per heavy atom. The van der Waals surface area contributed by atoms with Crippen LogP contribution in [0.5, 0.6) is 5.75 Å². The SMILES string of the molecule is CCCNC(=O)[C@H](Cc1ccccc1)N(Cc1ccccc1)C(=O)COc1cccc(C)c1. The number of nitrogens with zero attached hydrogens (tertiary/aromatic N) is 1.